The molecule has 0 atom stereocenters. The molecular weight excluding hydrogens is 218 g/mol. The molecule has 0 radical (unpaired) electrons. The van der Waals surface area contributed by atoms with Gasteiger partial charge in [-0.25, -0.2) is 4.79 Å². The second-order valence-electron chi connectivity index (χ2n) is 4.01. The zero-order valence-corrected chi connectivity index (χ0v) is 9.93. The van der Waals surface area contributed by atoms with Gasteiger partial charge in [0.15, 0.2) is 0 Å². The van der Waals surface area contributed by atoms with Gasteiger partial charge in [-0.2, -0.15) is 15.0 Å². The van der Waals surface area contributed by atoms with E-state index in [1.54, 1.807) is 26.2 Å². The normalized spacial score (nSPS) is 10.5. The highest BCUT2D eigenvalue weighted by molar-refractivity contribution is 5.90. The van der Waals surface area contributed by atoms with Gasteiger partial charge >= 0.3 is 5.97 Å². The Bertz CT molecular complexity index is 587. The molecule has 2 aromatic rings. The summed E-state index contributed by atoms with van der Waals surface area (Å²) in [4.78, 5) is 12.5. The van der Waals surface area contributed by atoms with Gasteiger partial charge in [0.25, 0.3) is 0 Å². The maximum atomic E-state index is 11.0. The number of rotatable bonds is 2. The number of aryl methyl sites for hydroxylation is 3. The van der Waals surface area contributed by atoms with Gasteiger partial charge in [0.2, 0.25) is 0 Å². The molecule has 0 saturated carbocycles. The summed E-state index contributed by atoms with van der Waals surface area (Å²) in [7, 11) is 1.75. The van der Waals surface area contributed by atoms with E-state index < -0.39 is 5.97 Å². The van der Waals surface area contributed by atoms with Crippen LogP contribution >= 0.6 is 0 Å². The maximum Gasteiger partial charge on any atom is 0.335 e. The molecule has 1 N–H and O–H groups in total. The van der Waals surface area contributed by atoms with E-state index >= 15 is 0 Å². The van der Waals surface area contributed by atoms with Gasteiger partial charge in [-0.3, -0.25) is 0 Å². The van der Waals surface area contributed by atoms with Crippen molar-refractivity contribution in [2.45, 2.75) is 13.8 Å². The molecule has 0 aliphatic rings. The second-order valence-corrected chi connectivity index (χ2v) is 4.01. The zero-order valence-electron chi connectivity index (χ0n) is 9.93. The fraction of sp³-hybridized carbons (Fsp3) is 0.250. The van der Waals surface area contributed by atoms with Gasteiger partial charge in [-0.15, -0.1) is 0 Å². The topological polar surface area (TPSA) is 68.0 Å². The van der Waals surface area contributed by atoms with Gasteiger partial charge in [-0.05, 0) is 37.1 Å². The SMILES string of the molecule is Cc1cc(-c2cnn(C)n2)c(C)cc1C(=O)O. The number of aromatic nitrogens is 3. The largest absolute Gasteiger partial charge is 0.478 e. The molecule has 0 unspecified atom stereocenters. The van der Waals surface area contributed by atoms with Crippen LogP contribution in [0.1, 0.15) is 21.5 Å². The van der Waals surface area contributed by atoms with Crippen LogP contribution in [-0.2, 0) is 7.05 Å². The van der Waals surface area contributed by atoms with Crippen molar-refractivity contribution in [2.24, 2.45) is 7.05 Å². The summed E-state index contributed by atoms with van der Waals surface area (Å²) in [5.74, 6) is -0.906. The molecule has 0 aliphatic carbocycles. The summed E-state index contributed by atoms with van der Waals surface area (Å²) in [6.07, 6.45) is 1.67. The fourth-order valence-corrected chi connectivity index (χ4v) is 1.79. The van der Waals surface area contributed by atoms with Crippen LogP contribution < -0.4 is 0 Å². The Kier molecular flexibility index (Phi) is 2.67. The summed E-state index contributed by atoms with van der Waals surface area (Å²) in [5.41, 5.74) is 3.61. The van der Waals surface area contributed by atoms with Crippen LogP contribution in [0.4, 0.5) is 0 Å². The number of benzene rings is 1. The average Bonchev–Trinajstić information content (AvgIpc) is 2.67. The van der Waals surface area contributed by atoms with Crippen molar-refractivity contribution in [1.29, 1.82) is 0 Å². The molecule has 0 fully saturated rings. The minimum Gasteiger partial charge on any atom is -0.478 e. The van der Waals surface area contributed by atoms with Crippen molar-refractivity contribution >= 4 is 5.97 Å². The molecule has 5 nitrogen and oxygen atoms in total. The maximum absolute atomic E-state index is 11.0. The lowest BCUT2D eigenvalue weighted by Gasteiger charge is -2.07. The van der Waals surface area contributed by atoms with E-state index in [0.717, 1.165) is 22.4 Å². The minimum atomic E-state index is -0.906. The van der Waals surface area contributed by atoms with E-state index in [4.69, 9.17) is 5.11 Å². The second kappa shape index (κ2) is 4.01. The quantitative estimate of drug-likeness (QED) is 0.855. The number of carboxylic acid groups (broad SMARTS) is 1. The smallest absolute Gasteiger partial charge is 0.335 e. The van der Waals surface area contributed by atoms with Crippen LogP contribution in [0.15, 0.2) is 18.3 Å². The summed E-state index contributed by atoms with van der Waals surface area (Å²) in [5, 5.41) is 17.2. The molecule has 0 spiro atoms. The van der Waals surface area contributed by atoms with Crippen molar-refractivity contribution in [3.05, 3.63) is 35.0 Å². The lowest BCUT2D eigenvalue weighted by Crippen LogP contribution is -2.01. The van der Waals surface area contributed by atoms with Crippen LogP contribution in [0, 0.1) is 13.8 Å². The zero-order chi connectivity index (χ0) is 12.6. The molecule has 1 heterocycles. The first kappa shape index (κ1) is 11.3. The predicted octanol–water partition coefficient (Wildman–Crippen LogP) is 1.80. The van der Waals surface area contributed by atoms with Gasteiger partial charge in [0.05, 0.1) is 11.8 Å². The molecule has 0 aliphatic heterocycles. The standard InChI is InChI=1S/C12H13N3O2/c1-7-5-10(12(16)17)8(2)4-9(7)11-6-13-15(3)14-11/h4-6H,1-3H3,(H,16,17). The van der Waals surface area contributed by atoms with Crippen LogP contribution in [-0.4, -0.2) is 26.1 Å². The molecule has 0 saturated heterocycles. The van der Waals surface area contributed by atoms with E-state index in [1.165, 1.54) is 4.80 Å². The third-order valence-electron chi connectivity index (χ3n) is 2.68. The van der Waals surface area contributed by atoms with Crippen LogP contribution in [0.5, 0.6) is 0 Å². The monoisotopic (exact) mass is 231 g/mol. The minimum absolute atomic E-state index is 0.329. The van der Waals surface area contributed by atoms with Gasteiger partial charge in [0.1, 0.15) is 5.69 Å². The van der Waals surface area contributed by atoms with Gasteiger partial charge in [0, 0.05) is 12.6 Å². The van der Waals surface area contributed by atoms with E-state index in [2.05, 4.69) is 10.2 Å². The van der Waals surface area contributed by atoms with Gasteiger partial charge in [-0.1, -0.05) is 0 Å². The lowest BCUT2D eigenvalue weighted by atomic mass is 9.98. The molecule has 2 rings (SSSR count). The first-order valence-electron chi connectivity index (χ1n) is 5.20. The third kappa shape index (κ3) is 2.04. The van der Waals surface area contributed by atoms with E-state index in [-0.39, 0.29) is 0 Å². The van der Waals surface area contributed by atoms with Crippen molar-refractivity contribution in [1.82, 2.24) is 15.0 Å². The third-order valence-corrected chi connectivity index (χ3v) is 2.68. The van der Waals surface area contributed by atoms with Crippen LogP contribution in [0.2, 0.25) is 0 Å². The van der Waals surface area contributed by atoms with Gasteiger partial charge < -0.3 is 5.11 Å². The number of carbonyl (C=O) groups is 1. The Balaban J connectivity index is 2.57. The molecule has 88 valence electrons. The highest BCUT2D eigenvalue weighted by Gasteiger charge is 2.12. The predicted molar refractivity (Wildman–Crippen MR) is 62.9 cm³/mol. The fourth-order valence-electron chi connectivity index (χ4n) is 1.79. The Morgan fingerprint density at radius 3 is 2.53 bits per heavy atom. The summed E-state index contributed by atoms with van der Waals surface area (Å²) < 4.78 is 0. The Morgan fingerprint density at radius 1 is 1.29 bits per heavy atom. The molecule has 5 heteroatoms. The van der Waals surface area contributed by atoms with Crippen molar-refractivity contribution in [3.8, 4) is 11.3 Å². The number of hydrogen-bond acceptors (Lipinski definition) is 3. The van der Waals surface area contributed by atoms with E-state index in [0.29, 0.717) is 5.56 Å². The van der Waals surface area contributed by atoms with E-state index in [9.17, 15) is 4.79 Å². The van der Waals surface area contributed by atoms with E-state index in [1.807, 2.05) is 13.0 Å². The number of aromatic carboxylic acids is 1. The Labute approximate surface area is 98.7 Å². The molecule has 1 aromatic heterocycles. The summed E-state index contributed by atoms with van der Waals surface area (Å²) >= 11 is 0. The highest BCUT2D eigenvalue weighted by Crippen LogP contribution is 2.24. The molecule has 17 heavy (non-hydrogen) atoms. The number of hydrogen-bond donors (Lipinski definition) is 1. The number of carboxylic acids is 1. The highest BCUT2D eigenvalue weighted by atomic mass is 16.4. The molecule has 1 aromatic carbocycles. The first-order valence-corrected chi connectivity index (χ1v) is 5.20. The van der Waals surface area contributed by atoms with Crippen molar-refractivity contribution in [2.75, 3.05) is 0 Å². The lowest BCUT2D eigenvalue weighted by molar-refractivity contribution is 0.0696. The molecule has 0 amide bonds. The Hall–Kier alpha value is -2.17. The first-order chi connectivity index (χ1) is 7.99. The summed E-state index contributed by atoms with van der Waals surface area (Å²) in [6, 6.07) is 3.50. The van der Waals surface area contributed by atoms with Crippen LogP contribution in [0.25, 0.3) is 11.3 Å². The summed E-state index contributed by atoms with van der Waals surface area (Å²) in [6.45, 7) is 3.65. The molecular formula is C12H13N3O2. The Morgan fingerprint density at radius 2 is 2.00 bits per heavy atom. The average molecular weight is 231 g/mol. The van der Waals surface area contributed by atoms with Crippen LogP contribution in [0.3, 0.4) is 0 Å². The number of nitrogens with zero attached hydrogens (tertiary/aromatic N) is 3. The van der Waals surface area contributed by atoms with Crippen molar-refractivity contribution in [3.63, 3.8) is 0 Å². The molecule has 0 bridgehead atoms. The van der Waals surface area contributed by atoms with Crippen molar-refractivity contribution < 1.29 is 9.90 Å².